The van der Waals surface area contributed by atoms with Gasteiger partial charge in [0, 0.05) is 29.2 Å². The van der Waals surface area contributed by atoms with E-state index in [9.17, 15) is 13.2 Å². The summed E-state index contributed by atoms with van der Waals surface area (Å²) in [5, 5.41) is 0.962. The summed E-state index contributed by atoms with van der Waals surface area (Å²) in [4.78, 5) is 14.1. The molecule has 2 rings (SSSR count). The van der Waals surface area contributed by atoms with Crippen LogP contribution in [0.2, 0.25) is 10.0 Å². The lowest BCUT2D eigenvalue weighted by molar-refractivity contribution is -0.131. The van der Waals surface area contributed by atoms with Gasteiger partial charge in [0.2, 0.25) is 15.9 Å². The fraction of sp³-hybridized carbons (Fsp3) is 0.500. The number of piperidine rings is 1. The third-order valence-electron chi connectivity index (χ3n) is 3.62. The predicted molar refractivity (Wildman–Crippen MR) is 87.7 cm³/mol. The number of carbonyl (C=O) groups is 1. The number of amides is 1. The molecular weight excluding hydrogens is 347 g/mol. The second-order valence-corrected chi connectivity index (χ2v) is 8.02. The molecule has 0 aromatic heterocycles. The van der Waals surface area contributed by atoms with Gasteiger partial charge in [-0.3, -0.25) is 4.79 Å². The summed E-state index contributed by atoms with van der Waals surface area (Å²) >= 11 is 12.2. The lowest BCUT2D eigenvalue weighted by atomic mass is 10.0. The number of carbonyl (C=O) groups excluding carboxylic acids is 1. The minimum Gasteiger partial charge on any atom is -0.342 e. The zero-order chi connectivity index (χ0) is 16.3. The first-order valence-corrected chi connectivity index (χ1v) is 9.59. The molecule has 1 aliphatic rings. The molecule has 0 radical (unpaired) electrons. The van der Waals surface area contributed by atoms with Crippen molar-refractivity contribution in [3.63, 3.8) is 0 Å². The van der Waals surface area contributed by atoms with Crippen molar-refractivity contribution in [1.82, 2.24) is 9.62 Å². The monoisotopic (exact) mass is 364 g/mol. The highest BCUT2D eigenvalue weighted by atomic mass is 35.5. The minimum atomic E-state index is -3.21. The molecule has 22 heavy (non-hydrogen) atoms. The van der Waals surface area contributed by atoms with Gasteiger partial charge in [-0.05, 0) is 30.5 Å². The Morgan fingerprint density at radius 3 is 2.32 bits per heavy atom. The van der Waals surface area contributed by atoms with Gasteiger partial charge in [0.25, 0.3) is 0 Å². The molecule has 1 aromatic rings. The van der Waals surface area contributed by atoms with E-state index in [0.29, 0.717) is 41.5 Å². The molecule has 1 amide bonds. The number of hydrogen-bond acceptors (Lipinski definition) is 3. The Hall–Kier alpha value is -0.820. The van der Waals surface area contributed by atoms with Crippen LogP contribution in [-0.4, -0.2) is 44.6 Å². The van der Waals surface area contributed by atoms with Crippen LogP contribution in [0.5, 0.6) is 0 Å². The number of sulfonamides is 1. The summed E-state index contributed by atoms with van der Waals surface area (Å²) in [5.41, 5.74) is 0.632. The molecule has 5 nitrogen and oxygen atoms in total. The zero-order valence-corrected chi connectivity index (χ0v) is 14.5. The van der Waals surface area contributed by atoms with Crippen molar-refractivity contribution >= 4 is 39.1 Å². The Morgan fingerprint density at radius 2 is 1.82 bits per heavy atom. The second-order valence-electron chi connectivity index (χ2n) is 5.42. The van der Waals surface area contributed by atoms with Gasteiger partial charge >= 0.3 is 0 Å². The van der Waals surface area contributed by atoms with Gasteiger partial charge in [0.15, 0.2) is 0 Å². The first kappa shape index (κ1) is 17.5. The number of likely N-dealkylation sites (tertiary alicyclic amines) is 1. The first-order chi connectivity index (χ1) is 10.3. The minimum absolute atomic E-state index is 0.0483. The van der Waals surface area contributed by atoms with E-state index in [4.69, 9.17) is 23.2 Å². The highest BCUT2D eigenvalue weighted by Crippen LogP contribution is 2.25. The van der Waals surface area contributed by atoms with Crippen molar-refractivity contribution in [2.45, 2.75) is 25.3 Å². The van der Waals surface area contributed by atoms with Gasteiger partial charge in [-0.25, -0.2) is 13.1 Å². The van der Waals surface area contributed by atoms with Crippen molar-refractivity contribution in [2.75, 3.05) is 19.3 Å². The van der Waals surface area contributed by atoms with Crippen molar-refractivity contribution in [3.8, 4) is 0 Å². The lowest BCUT2D eigenvalue weighted by Gasteiger charge is -2.32. The van der Waals surface area contributed by atoms with E-state index in [0.717, 1.165) is 6.26 Å². The average Bonchev–Trinajstić information content (AvgIpc) is 2.42. The number of hydrogen-bond donors (Lipinski definition) is 1. The van der Waals surface area contributed by atoms with Crippen molar-refractivity contribution < 1.29 is 13.2 Å². The molecule has 0 saturated carbocycles. The van der Waals surface area contributed by atoms with Crippen LogP contribution in [0.1, 0.15) is 18.4 Å². The molecule has 1 fully saturated rings. The van der Waals surface area contributed by atoms with E-state index in [-0.39, 0.29) is 18.4 Å². The zero-order valence-electron chi connectivity index (χ0n) is 12.2. The van der Waals surface area contributed by atoms with Crippen LogP contribution in [0.4, 0.5) is 0 Å². The summed E-state index contributed by atoms with van der Waals surface area (Å²) in [6.45, 7) is 1.04. The molecule has 0 aliphatic carbocycles. The molecule has 1 saturated heterocycles. The molecule has 8 heteroatoms. The molecule has 1 aliphatic heterocycles. The second kappa shape index (κ2) is 7.17. The first-order valence-electron chi connectivity index (χ1n) is 6.94. The van der Waals surface area contributed by atoms with E-state index < -0.39 is 10.0 Å². The summed E-state index contributed by atoms with van der Waals surface area (Å²) in [6, 6.07) is 5.04. The molecule has 1 aromatic carbocycles. The normalized spacial score (nSPS) is 16.8. The topological polar surface area (TPSA) is 66.5 Å². The van der Waals surface area contributed by atoms with Crippen LogP contribution >= 0.6 is 23.2 Å². The molecule has 122 valence electrons. The molecule has 0 unspecified atom stereocenters. The maximum absolute atomic E-state index is 12.3. The third-order valence-corrected chi connectivity index (χ3v) is 5.09. The van der Waals surface area contributed by atoms with Crippen LogP contribution in [0.15, 0.2) is 18.2 Å². The quantitative estimate of drug-likeness (QED) is 0.889. The van der Waals surface area contributed by atoms with Gasteiger partial charge in [-0.2, -0.15) is 0 Å². The lowest BCUT2D eigenvalue weighted by Crippen LogP contribution is -2.46. The standard InChI is InChI=1S/C14H18Cl2N2O3S/c1-22(20,21)17-10-5-7-18(8-6-10)14(19)9-11-12(15)3-2-4-13(11)16/h2-4,10,17H,5-9H2,1H3. The Bertz CT molecular complexity index is 636. The van der Waals surface area contributed by atoms with Gasteiger partial charge in [0.1, 0.15) is 0 Å². The smallest absolute Gasteiger partial charge is 0.227 e. The number of nitrogens with one attached hydrogen (secondary N) is 1. The predicted octanol–water partition coefficient (Wildman–Crippen LogP) is 2.08. The molecule has 0 spiro atoms. The van der Waals surface area contributed by atoms with Gasteiger partial charge < -0.3 is 4.90 Å². The van der Waals surface area contributed by atoms with E-state index in [1.54, 1.807) is 23.1 Å². The maximum atomic E-state index is 12.3. The van der Waals surface area contributed by atoms with E-state index >= 15 is 0 Å². The number of benzene rings is 1. The van der Waals surface area contributed by atoms with Crippen molar-refractivity contribution in [3.05, 3.63) is 33.8 Å². The number of rotatable bonds is 4. The third kappa shape index (κ3) is 4.84. The summed E-state index contributed by atoms with van der Waals surface area (Å²) < 4.78 is 25.0. The molecule has 1 heterocycles. The fourth-order valence-electron chi connectivity index (χ4n) is 2.51. The van der Waals surface area contributed by atoms with E-state index in [1.807, 2.05) is 0 Å². The van der Waals surface area contributed by atoms with Crippen LogP contribution in [0, 0.1) is 0 Å². The number of halogens is 2. The molecule has 0 bridgehead atoms. The molecular formula is C14H18Cl2N2O3S. The van der Waals surface area contributed by atoms with Crippen LogP contribution in [0.3, 0.4) is 0 Å². The van der Waals surface area contributed by atoms with Crippen molar-refractivity contribution in [2.24, 2.45) is 0 Å². The summed E-state index contributed by atoms with van der Waals surface area (Å²) in [7, 11) is -3.21. The fourth-order valence-corrected chi connectivity index (χ4v) is 3.89. The largest absolute Gasteiger partial charge is 0.342 e. The summed E-state index contributed by atoms with van der Waals surface area (Å²) in [5.74, 6) is -0.0483. The molecule has 1 N–H and O–H groups in total. The van der Waals surface area contributed by atoms with Crippen molar-refractivity contribution in [1.29, 1.82) is 0 Å². The van der Waals surface area contributed by atoms with Gasteiger partial charge in [0.05, 0.1) is 12.7 Å². The Kier molecular flexibility index (Phi) is 5.71. The summed E-state index contributed by atoms with van der Waals surface area (Å²) in [6.07, 6.45) is 2.51. The van der Waals surface area contributed by atoms with Crippen LogP contribution in [-0.2, 0) is 21.2 Å². The Morgan fingerprint density at radius 1 is 1.27 bits per heavy atom. The van der Waals surface area contributed by atoms with E-state index in [2.05, 4.69) is 4.72 Å². The van der Waals surface area contributed by atoms with Gasteiger partial charge in [-0.1, -0.05) is 29.3 Å². The highest BCUT2D eigenvalue weighted by molar-refractivity contribution is 7.88. The van der Waals surface area contributed by atoms with E-state index in [1.165, 1.54) is 0 Å². The highest BCUT2D eigenvalue weighted by Gasteiger charge is 2.25. The maximum Gasteiger partial charge on any atom is 0.227 e. The number of nitrogens with zero attached hydrogens (tertiary/aromatic N) is 1. The Balaban J connectivity index is 1.93. The molecule has 0 atom stereocenters. The average molecular weight is 365 g/mol. The van der Waals surface area contributed by atoms with Crippen LogP contribution in [0.25, 0.3) is 0 Å². The SMILES string of the molecule is CS(=O)(=O)NC1CCN(C(=O)Cc2c(Cl)cccc2Cl)CC1. The van der Waals surface area contributed by atoms with Gasteiger partial charge in [-0.15, -0.1) is 0 Å². The Labute approximate surface area is 140 Å². The van der Waals surface area contributed by atoms with Crippen LogP contribution < -0.4 is 4.72 Å².